The van der Waals surface area contributed by atoms with Gasteiger partial charge in [-0.1, -0.05) is 6.42 Å². The first-order valence-corrected chi connectivity index (χ1v) is 6.96. The fourth-order valence-corrected chi connectivity index (χ4v) is 3.69. The van der Waals surface area contributed by atoms with Crippen LogP contribution in [0.2, 0.25) is 0 Å². The zero-order valence-corrected chi connectivity index (χ0v) is 10.3. The van der Waals surface area contributed by atoms with Gasteiger partial charge in [0.15, 0.2) is 0 Å². The van der Waals surface area contributed by atoms with Crippen molar-refractivity contribution in [3.63, 3.8) is 0 Å². The van der Waals surface area contributed by atoms with Crippen molar-refractivity contribution in [1.82, 2.24) is 9.80 Å². The van der Waals surface area contributed by atoms with E-state index in [1.807, 2.05) is 0 Å². The number of carbonyl (C=O) groups is 1. The van der Waals surface area contributed by atoms with Crippen LogP contribution in [-0.4, -0.2) is 59.1 Å². The molecule has 0 aromatic carbocycles. The molecule has 1 N–H and O–H groups in total. The molecule has 4 heteroatoms. The molecule has 2 heterocycles. The molecule has 4 nitrogen and oxygen atoms in total. The molecule has 0 aromatic rings. The lowest BCUT2D eigenvalue weighted by Gasteiger charge is -2.50. The lowest BCUT2D eigenvalue weighted by atomic mass is 9.78. The van der Waals surface area contributed by atoms with Crippen LogP contribution in [0.15, 0.2) is 0 Å². The minimum Gasteiger partial charge on any atom is -0.481 e. The van der Waals surface area contributed by atoms with Crippen LogP contribution in [0.4, 0.5) is 0 Å². The molecule has 3 aliphatic rings. The number of piperidine rings is 1. The Balaban J connectivity index is 1.60. The highest BCUT2D eigenvalue weighted by Crippen LogP contribution is 2.34. The topological polar surface area (TPSA) is 43.8 Å². The van der Waals surface area contributed by atoms with Crippen LogP contribution in [0.3, 0.4) is 0 Å². The van der Waals surface area contributed by atoms with Crippen LogP contribution in [0.5, 0.6) is 0 Å². The third kappa shape index (κ3) is 2.08. The van der Waals surface area contributed by atoms with Gasteiger partial charge in [0.1, 0.15) is 0 Å². The van der Waals surface area contributed by atoms with Crippen molar-refractivity contribution in [2.45, 2.75) is 44.2 Å². The molecule has 1 saturated carbocycles. The lowest BCUT2D eigenvalue weighted by molar-refractivity contribution is -0.150. The zero-order valence-electron chi connectivity index (χ0n) is 10.3. The summed E-state index contributed by atoms with van der Waals surface area (Å²) >= 11 is 0. The number of aliphatic carboxylic acids is 1. The highest BCUT2D eigenvalue weighted by atomic mass is 16.4. The molecular weight excluding hydrogens is 216 g/mol. The Hall–Kier alpha value is -0.610. The van der Waals surface area contributed by atoms with Crippen LogP contribution in [0, 0.1) is 5.92 Å². The predicted molar refractivity (Wildman–Crippen MR) is 64.9 cm³/mol. The Bertz CT molecular complexity index is 308. The molecule has 2 saturated heterocycles. The predicted octanol–water partition coefficient (Wildman–Crippen LogP) is 1.02. The first kappa shape index (κ1) is 11.5. The molecule has 96 valence electrons. The summed E-state index contributed by atoms with van der Waals surface area (Å²) in [5, 5.41) is 9.13. The third-order valence-corrected chi connectivity index (χ3v) is 4.89. The molecule has 0 radical (unpaired) electrons. The molecule has 3 unspecified atom stereocenters. The van der Waals surface area contributed by atoms with Crippen molar-refractivity contribution in [2.24, 2.45) is 5.92 Å². The Morgan fingerprint density at radius 1 is 1.00 bits per heavy atom. The van der Waals surface area contributed by atoms with Crippen molar-refractivity contribution < 1.29 is 9.90 Å². The molecule has 0 spiro atoms. The quantitative estimate of drug-likeness (QED) is 0.780. The van der Waals surface area contributed by atoms with Crippen LogP contribution < -0.4 is 0 Å². The molecule has 3 atom stereocenters. The number of carboxylic acid groups (broad SMARTS) is 1. The van der Waals surface area contributed by atoms with E-state index in [0.717, 1.165) is 32.5 Å². The monoisotopic (exact) mass is 238 g/mol. The average Bonchev–Trinajstić information content (AvgIpc) is 2.26. The molecule has 3 fully saturated rings. The van der Waals surface area contributed by atoms with Gasteiger partial charge in [0.25, 0.3) is 0 Å². The number of hydrogen-bond donors (Lipinski definition) is 1. The van der Waals surface area contributed by atoms with E-state index in [9.17, 15) is 4.79 Å². The Morgan fingerprint density at radius 3 is 2.53 bits per heavy atom. The van der Waals surface area contributed by atoms with Crippen LogP contribution in [0.1, 0.15) is 32.1 Å². The van der Waals surface area contributed by atoms with Gasteiger partial charge in [-0.15, -0.1) is 0 Å². The Labute approximate surface area is 103 Å². The second-order valence-electron chi connectivity index (χ2n) is 5.77. The van der Waals surface area contributed by atoms with E-state index in [0.29, 0.717) is 12.1 Å². The largest absolute Gasteiger partial charge is 0.481 e. The molecule has 0 aromatic heterocycles. The first-order valence-electron chi connectivity index (χ1n) is 6.96. The van der Waals surface area contributed by atoms with Crippen molar-refractivity contribution in [3.05, 3.63) is 0 Å². The van der Waals surface area contributed by atoms with E-state index in [4.69, 9.17) is 5.11 Å². The van der Waals surface area contributed by atoms with Crippen LogP contribution in [0.25, 0.3) is 0 Å². The average molecular weight is 238 g/mol. The van der Waals surface area contributed by atoms with E-state index < -0.39 is 5.97 Å². The van der Waals surface area contributed by atoms with Gasteiger partial charge in [0.05, 0.1) is 5.92 Å². The van der Waals surface area contributed by atoms with E-state index in [1.165, 1.54) is 25.8 Å². The summed E-state index contributed by atoms with van der Waals surface area (Å²) < 4.78 is 0. The maximum absolute atomic E-state index is 11.1. The normalized spacial score (nSPS) is 39.4. The third-order valence-electron chi connectivity index (χ3n) is 4.89. The number of rotatable bonds is 2. The van der Waals surface area contributed by atoms with E-state index in [2.05, 4.69) is 9.80 Å². The van der Waals surface area contributed by atoms with Crippen molar-refractivity contribution in [1.29, 1.82) is 0 Å². The number of fused-ring (bicyclic) bond motifs is 1. The second-order valence-corrected chi connectivity index (χ2v) is 5.77. The minimum atomic E-state index is -0.590. The van der Waals surface area contributed by atoms with Crippen molar-refractivity contribution in [2.75, 3.05) is 26.2 Å². The number of hydrogen-bond acceptors (Lipinski definition) is 3. The van der Waals surface area contributed by atoms with Crippen LogP contribution in [-0.2, 0) is 4.79 Å². The standard InChI is InChI=1S/C13H22N2O2/c16-13(17)11-4-5-12(11)15-8-7-14-6-2-1-3-10(14)9-15/h10-12H,1-9H2,(H,16,17). The minimum absolute atomic E-state index is 0.0925. The van der Waals surface area contributed by atoms with Gasteiger partial charge in [-0.3, -0.25) is 14.6 Å². The lowest BCUT2D eigenvalue weighted by Crippen LogP contribution is -2.61. The smallest absolute Gasteiger partial charge is 0.308 e. The Morgan fingerprint density at radius 2 is 1.82 bits per heavy atom. The summed E-state index contributed by atoms with van der Waals surface area (Å²) in [7, 11) is 0. The first-order chi connectivity index (χ1) is 8.25. The van der Waals surface area contributed by atoms with Crippen LogP contribution >= 0.6 is 0 Å². The maximum Gasteiger partial charge on any atom is 0.308 e. The number of carboxylic acids is 1. The highest BCUT2D eigenvalue weighted by Gasteiger charge is 2.42. The maximum atomic E-state index is 11.1. The summed E-state index contributed by atoms with van der Waals surface area (Å²) in [6, 6.07) is 1.03. The van der Waals surface area contributed by atoms with Gasteiger partial charge < -0.3 is 5.11 Å². The van der Waals surface area contributed by atoms with Crippen molar-refractivity contribution in [3.8, 4) is 0 Å². The SMILES string of the molecule is O=C(O)C1CCC1N1CCN2CCCCC2C1. The van der Waals surface area contributed by atoms with E-state index >= 15 is 0 Å². The second kappa shape index (κ2) is 4.58. The molecule has 0 amide bonds. The van der Waals surface area contributed by atoms with Gasteiger partial charge in [0, 0.05) is 31.7 Å². The van der Waals surface area contributed by atoms with Crippen molar-refractivity contribution >= 4 is 5.97 Å². The summed E-state index contributed by atoms with van der Waals surface area (Å²) in [6.45, 7) is 4.58. The molecule has 0 bridgehead atoms. The van der Waals surface area contributed by atoms with E-state index in [-0.39, 0.29) is 5.92 Å². The number of nitrogens with zero attached hydrogens (tertiary/aromatic N) is 2. The Kier molecular flexibility index (Phi) is 3.09. The molecular formula is C13H22N2O2. The molecule has 1 aliphatic carbocycles. The summed E-state index contributed by atoms with van der Waals surface area (Å²) in [5.74, 6) is -0.683. The summed E-state index contributed by atoms with van der Waals surface area (Å²) in [6.07, 6.45) is 5.97. The van der Waals surface area contributed by atoms with Gasteiger partial charge in [0.2, 0.25) is 0 Å². The summed E-state index contributed by atoms with van der Waals surface area (Å²) in [4.78, 5) is 16.1. The highest BCUT2D eigenvalue weighted by molar-refractivity contribution is 5.72. The van der Waals surface area contributed by atoms with E-state index in [1.54, 1.807) is 0 Å². The molecule has 3 rings (SSSR count). The van der Waals surface area contributed by atoms with Gasteiger partial charge in [-0.2, -0.15) is 0 Å². The zero-order chi connectivity index (χ0) is 11.8. The summed E-state index contributed by atoms with van der Waals surface area (Å²) in [5.41, 5.74) is 0. The fourth-order valence-electron chi connectivity index (χ4n) is 3.69. The van der Waals surface area contributed by atoms with Gasteiger partial charge >= 0.3 is 5.97 Å². The fraction of sp³-hybridized carbons (Fsp3) is 0.923. The van der Waals surface area contributed by atoms with Gasteiger partial charge in [-0.05, 0) is 32.2 Å². The number of piperazine rings is 1. The molecule has 2 aliphatic heterocycles. The molecule has 17 heavy (non-hydrogen) atoms. The van der Waals surface area contributed by atoms with Gasteiger partial charge in [-0.25, -0.2) is 0 Å².